The molecule has 2 atom stereocenters. The molecule has 0 amide bonds. The zero-order chi connectivity index (χ0) is 47.7. The van der Waals surface area contributed by atoms with Gasteiger partial charge in [-0.25, -0.2) is 4.79 Å². The van der Waals surface area contributed by atoms with Crippen molar-refractivity contribution in [1.29, 1.82) is 0 Å². The number of ether oxygens (including phenoxy) is 3. The Labute approximate surface area is 401 Å². The predicted molar refractivity (Wildman–Crippen MR) is 275 cm³/mol. The molecule has 0 fully saturated rings. The number of carbonyl (C=O) groups is 3. The van der Waals surface area contributed by atoms with Gasteiger partial charge >= 0.3 is 17.9 Å². The average molecular weight is 915 g/mol. The maximum absolute atomic E-state index is 12.8. The van der Waals surface area contributed by atoms with E-state index in [2.05, 4.69) is 62.5 Å². The summed E-state index contributed by atoms with van der Waals surface area (Å²) in [5, 5.41) is 9.66. The Hall–Kier alpha value is -2.71. The average Bonchev–Trinajstić information content (AvgIpc) is 3.27. The molecular weight excluding hydrogens is 811 g/mol. The summed E-state index contributed by atoms with van der Waals surface area (Å²) >= 11 is 0. The van der Waals surface area contributed by atoms with E-state index in [0.717, 1.165) is 64.2 Å². The lowest BCUT2D eigenvalue weighted by Crippen LogP contribution is -2.50. The molecule has 0 radical (unpaired) electrons. The van der Waals surface area contributed by atoms with Gasteiger partial charge in [0.05, 0.1) is 34.4 Å². The summed E-state index contributed by atoms with van der Waals surface area (Å²) in [5.41, 5.74) is 0. The van der Waals surface area contributed by atoms with Crippen LogP contribution in [0, 0.1) is 0 Å². The third-order valence-corrected chi connectivity index (χ3v) is 12.3. The third-order valence-electron chi connectivity index (χ3n) is 12.3. The molecule has 0 aromatic heterocycles. The van der Waals surface area contributed by atoms with Crippen LogP contribution in [0.15, 0.2) is 48.6 Å². The van der Waals surface area contributed by atoms with Crippen LogP contribution in [0.5, 0.6) is 0 Å². The number of carboxylic acids is 1. The number of unbranched alkanes of at least 4 members (excludes halogenated alkanes) is 29. The number of likely N-dealkylation sites (N-methyl/N-ethyl adjacent to an activating group) is 1. The minimum absolute atomic E-state index is 0.0528. The summed E-state index contributed by atoms with van der Waals surface area (Å²) in [4.78, 5) is 37.2. The van der Waals surface area contributed by atoms with Gasteiger partial charge in [0.25, 0.3) is 0 Å². The fourth-order valence-corrected chi connectivity index (χ4v) is 8.03. The van der Waals surface area contributed by atoms with E-state index in [1.165, 1.54) is 148 Å². The Morgan fingerprint density at radius 2 is 0.831 bits per heavy atom. The summed E-state index contributed by atoms with van der Waals surface area (Å²) in [5.74, 6) is -1.49. The highest BCUT2D eigenvalue weighted by atomic mass is 16.6. The maximum Gasteiger partial charge on any atom is 0.362 e. The molecule has 0 rings (SSSR count). The van der Waals surface area contributed by atoms with Gasteiger partial charge in [0.2, 0.25) is 0 Å². The van der Waals surface area contributed by atoms with Crippen LogP contribution in [-0.2, 0) is 28.6 Å². The first kappa shape index (κ1) is 62.3. The van der Waals surface area contributed by atoms with E-state index in [4.69, 9.17) is 14.2 Å². The topological polar surface area (TPSA) is 99.1 Å². The molecule has 8 heteroatoms. The SMILES string of the molecule is CCCCCCC/C=C/C=C/C=C/CCCCCCCC(=O)OCC(COCCC(C(=O)O)[N+](C)(C)C)OC(=O)CCCCCCCCC/C=C/CCCCCCCCCCCCCC. The molecule has 0 heterocycles. The normalized spacial score (nSPS) is 13.2. The molecule has 0 aliphatic heterocycles. The van der Waals surface area contributed by atoms with E-state index in [9.17, 15) is 19.5 Å². The highest BCUT2D eigenvalue weighted by Gasteiger charge is 2.31. The number of rotatable bonds is 49. The smallest absolute Gasteiger partial charge is 0.362 e. The zero-order valence-electron chi connectivity index (χ0n) is 43.2. The summed E-state index contributed by atoms with van der Waals surface area (Å²) in [6.45, 7) is 4.72. The first-order valence-electron chi connectivity index (χ1n) is 27.2. The van der Waals surface area contributed by atoms with E-state index in [-0.39, 0.29) is 36.2 Å². The lowest BCUT2D eigenvalue weighted by atomic mass is 10.0. The molecule has 8 nitrogen and oxygen atoms in total. The zero-order valence-corrected chi connectivity index (χ0v) is 43.2. The number of allylic oxidation sites excluding steroid dienone is 8. The number of hydrogen-bond acceptors (Lipinski definition) is 6. The number of nitrogens with zero attached hydrogens (tertiary/aromatic N) is 1. The van der Waals surface area contributed by atoms with Gasteiger partial charge < -0.3 is 23.8 Å². The van der Waals surface area contributed by atoms with Gasteiger partial charge in [-0.1, -0.05) is 210 Å². The largest absolute Gasteiger partial charge is 0.477 e. The van der Waals surface area contributed by atoms with Crippen LogP contribution < -0.4 is 0 Å². The van der Waals surface area contributed by atoms with Crippen molar-refractivity contribution in [3.8, 4) is 0 Å². The van der Waals surface area contributed by atoms with Crippen molar-refractivity contribution < 1.29 is 38.2 Å². The third kappa shape index (κ3) is 46.2. The Morgan fingerprint density at radius 3 is 1.23 bits per heavy atom. The molecule has 0 saturated carbocycles. The number of carbonyl (C=O) groups excluding carboxylic acids is 2. The summed E-state index contributed by atoms with van der Waals surface area (Å²) in [6, 6.07) is -0.620. The second kappa shape index (κ2) is 47.8. The lowest BCUT2D eigenvalue weighted by molar-refractivity contribution is -0.887. The van der Waals surface area contributed by atoms with Gasteiger partial charge in [0, 0.05) is 19.3 Å². The van der Waals surface area contributed by atoms with E-state index in [0.29, 0.717) is 19.3 Å². The second-order valence-electron chi connectivity index (χ2n) is 19.5. The standard InChI is InChI=1S/C57H103NO7/c1-6-8-10-12-14-16-18-20-22-24-26-27-28-29-30-32-34-36-38-40-42-44-46-48-56(60)65-53(51-63-50-49-54(57(61)62)58(3,4)5)52-64-55(59)47-45-43-41-39-37-35-33-31-25-23-21-19-17-15-13-11-9-7-2/h19,21,23,25,29-31,33,53-54H,6-18,20,22,24,26-28,32,34-52H2,1-5H3/p+1/b21-19+,25-23+,30-29+,33-31+. The first-order chi connectivity index (χ1) is 31.6. The van der Waals surface area contributed by atoms with Crippen LogP contribution in [0.25, 0.3) is 0 Å². The fourth-order valence-electron chi connectivity index (χ4n) is 8.03. The van der Waals surface area contributed by atoms with Crippen molar-refractivity contribution in [2.75, 3.05) is 41.0 Å². The Morgan fingerprint density at radius 1 is 0.462 bits per heavy atom. The van der Waals surface area contributed by atoms with Gasteiger partial charge in [-0.3, -0.25) is 9.59 Å². The molecule has 0 aromatic carbocycles. The van der Waals surface area contributed by atoms with E-state index >= 15 is 0 Å². The summed E-state index contributed by atoms with van der Waals surface area (Å²) in [6.07, 6.45) is 58.8. The lowest BCUT2D eigenvalue weighted by Gasteiger charge is -2.31. The van der Waals surface area contributed by atoms with Gasteiger partial charge in [-0.15, -0.1) is 0 Å². The van der Waals surface area contributed by atoms with E-state index in [1.54, 1.807) is 0 Å². The Kier molecular flexibility index (Phi) is 45.8. The number of aliphatic carboxylic acids is 1. The maximum atomic E-state index is 12.8. The quantitative estimate of drug-likeness (QED) is 0.0213. The molecular formula is C57H104NO7+. The molecule has 0 saturated heterocycles. The van der Waals surface area contributed by atoms with E-state index < -0.39 is 18.1 Å². The van der Waals surface area contributed by atoms with Crippen LogP contribution in [0.4, 0.5) is 0 Å². The molecule has 65 heavy (non-hydrogen) atoms. The minimum atomic E-state index is -0.878. The van der Waals surface area contributed by atoms with E-state index in [1.807, 2.05) is 21.1 Å². The van der Waals surface area contributed by atoms with Crippen LogP contribution in [-0.4, -0.2) is 80.6 Å². The van der Waals surface area contributed by atoms with Crippen molar-refractivity contribution in [1.82, 2.24) is 0 Å². The van der Waals surface area contributed by atoms with Crippen LogP contribution in [0.3, 0.4) is 0 Å². The number of carboxylic acid groups (broad SMARTS) is 1. The Bertz CT molecular complexity index is 1200. The molecule has 378 valence electrons. The number of quaternary nitrogens is 1. The predicted octanol–water partition coefficient (Wildman–Crippen LogP) is 15.9. The highest BCUT2D eigenvalue weighted by Crippen LogP contribution is 2.15. The van der Waals surface area contributed by atoms with Gasteiger partial charge in [0.15, 0.2) is 12.1 Å². The molecule has 0 spiro atoms. The van der Waals surface area contributed by atoms with Crippen molar-refractivity contribution in [3.63, 3.8) is 0 Å². The Balaban J connectivity index is 4.24. The summed E-state index contributed by atoms with van der Waals surface area (Å²) < 4.78 is 17.4. The summed E-state index contributed by atoms with van der Waals surface area (Å²) in [7, 11) is 5.53. The van der Waals surface area contributed by atoms with Crippen molar-refractivity contribution in [3.05, 3.63) is 48.6 Å². The molecule has 0 aliphatic carbocycles. The molecule has 0 bridgehead atoms. The van der Waals surface area contributed by atoms with Gasteiger partial charge in [-0.05, 0) is 64.2 Å². The number of esters is 2. The van der Waals surface area contributed by atoms with Crippen LogP contribution in [0.2, 0.25) is 0 Å². The highest BCUT2D eigenvalue weighted by molar-refractivity contribution is 5.72. The van der Waals surface area contributed by atoms with Gasteiger partial charge in [-0.2, -0.15) is 0 Å². The van der Waals surface area contributed by atoms with Crippen molar-refractivity contribution in [2.24, 2.45) is 0 Å². The molecule has 1 N–H and O–H groups in total. The second-order valence-corrected chi connectivity index (χ2v) is 19.5. The molecule has 0 aliphatic rings. The minimum Gasteiger partial charge on any atom is -0.477 e. The van der Waals surface area contributed by atoms with Gasteiger partial charge in [0.1, 0.15) is 6.61 Å². The first-order valence-corrected chi connectivity index (χ1v) is 27.2. The molecule has 2 unspecified atom stereocenters. The fraction of sp³-hybridized carbons (Fsp3) is 0.807. The number of hydrogen-bond donors (Lipinski definition) is 1. The van der Waals surface area contributed by atoms with Crippen molar-refractivity contribution in [2.45, 2.75) is 257 Å². The monoisotopic (exact) mass is 915 g/mol. The van der Waals surface area contributed by atoms with Crippen LogP contribution in [0.1, 0.15) is 245 Å². The molecule has 0 aromatic rings. The van der Waals surface area contributed by atoms with Crippen LogP contribution >= 0.6 is 0 Å². The van der Waals surface area contributed by atoms with Crippen molar-refractivity contribution >= 4 is 17.9 Å².